The Kier molecular flexibility index (Phi) is 25.8. The second kappa shape index (κ2) is 22.8. The molecule has 0 spiro atoms. The smallest absolute Gasteiger partial charge is 0.550 e. The number of carboxylic acid groups (broad SMARTS) is 4. The Morgan fingerprint density at radius 2 is 0.519 bits per heavy atom. The molecule has 27 heavy (non-hydrogen) atoms. The minimum absolute atomic E-state index is 0. The van der Waals surface area contributed by atoms with Crippen LogP contribution in [-0.2, 0) is 19.2 Å². The minimum atomic E-state index is -1.02. The zero-order chi connectivity index (χ0) is 20.2. The van der Waals surface area contributed by atoms with Gasteiger partial charge in [0.05, 0.1) is 0 Å². The summed E-state index contributed by atoms with van der Waals surface area (Å²) in [6.45, 7) is 0. The van der Waals surface area contributed by atoms with Crippen LogP contribution in [0.15, 0.2) is 0 Å². The van der Waals surface area contributed by atoms with Gasteiger partial charge in [0.15, 0.2) is 0 Å². The predicted octanol–water partition coefficient (Wildman–Crippen LogP) is -1.95. The van der Waals surface area contributed by atoms with E-state index >= 15 is 0 Å². The van der Waals surface area contributed by atoms with E-state index in [1.165, 1.54) is 0 Å². The predicted molar refractivity (Wildman–Crippen MR) is 90.4 cm³/mol. The molecule has 0 amide bonds. The van der Waals surface area contributed by atoms with Crippen LogP contribution < -0.4 is 20.4 Å². The summed E-state index contributed by atoms with van der Waals surface area (Å²) in [5.41, 5.74) is 0. The van der Waals surface area contributed by atoms with E-state index in [1.54, 1.807) is 0 Å². The molecule has 0 aliphatic rings. The van der Waals surface area contributed by atoms with E-state index in [-0.39, 0.29) is 53.0 Å². The van der Waals surface area contributed by atoms with Crippen LogP contribution in [0.1, 0.15) is 89.9 Å². The summed E-state index contributed by atoms with van der Waals surface area (Å²) in [5, 5.41) is 39.9. The van der Waals surface area contributed by atoms with Crippen molar-refractivity contribution in [1.82, 2.24) is 0 Å². The molecule has 0 saturated carbocycles. The molecule has 0 atom stereocenters. The molecule has 0 aromatic carbocycles. The van der Waals surface area contributed by atoms with Crippen molar-refractivity contribution in [2.24, 2.45) is 0 Å². The van der Waals surface area contributed by atoms with Crippen LogP contribution in [0.5, 0.6) is 0 Å². The third-order valence-corrected chi connectivity index (χ3v) is 3.52. The van der Waals surface area contributed by atoms with Crippen LogP contribution in [0, 0.1) is 0 Å². The maximum Gasteiger partial charge on any atom is 4.00 e. The first-order valence-corrected chi connectivity index (χ1v) is 9.05. The molecule has 0 aromatic heterocycles. The maximum atomic E-state index is 9.98. The van der Waals surface area contributed by atoms with Gasteiger partial charge in [-0.15, -0.1) is 0 Å². The van der Waals surface area contributed by atoms with Gasteiger partial charge in [0.1, 0.15) is 0 Å². The third-order valence-electron chi connectivity index (χ3n) is 3.52. The summed E-state index contributed by atoms with van der Waals surface area (Å²) in [7, 11) is 0. The molecule has 0 bridgehead atoms. The summed E-state index contributed by atoms with van der Waals surface area (Å²) < 4.78 is 0. The molecule has 9 heteroatoms. The van der Waals surface area contributed by atoms with Crippen LogP contribution in [0.25, 0.3) is 0 Å². The number of hydrogen-bond donors (Lipinski definition) is 0. The number of carbonyl (C=O) groups is 4. The average Bonchev–Trinajstić information content (AvgIpc) is 2.52. The first-order chi connectivity index (χ1) is 12.3. The molecule has 0 radical (unpaired) electrons. The molecule has 0 saturated heterocycles. The van der Waals surface area contributed by atoms with Gasteiger partial charge in [-0.25, -0.2) is 0 Å². The van der Waals surface area contributed by atoms with Crippen LogP contribution in [-0.4, -0.2) is 51.2 Å². The summed E-state index contributed by atoms with van der Waals surface area (Å²) in [6.07, 6.45) is 7.90. The van der Waals surface area contributed by atoms with Crippen molar-refractivity contribution in [2.75, 3.05) is 0 Å². The SMILES string of the molecule is O=C([O-])CCCCCCCC(=O)[O-].O=C([O-])CCCCCCCC(=O)[O-].[Pb+4]. The number of hydrogen-bond acceptors (Lipinski definition) is 8. The first-order valence-electron chi connectivity index (χ1n) is 9.05. The van der Waals surface area contributed by atoms with Gasteiger partial charge in [-0.05, 0) is 51.4 Å². The Balaban J connectivity index is -0.000000411. The molecular weight excluding hydrogens is 551 g/mol. The zero-order valence-electron chi connectivity index (χ0n) is 15.7. The van der Waals surface area contributed by atoms with Crippen molar-refractivity contribution in [3.8, 4) is 0 Å². The second-order valence-electron chi connectivity index (χ2n) is 6.02. The van der Waals surface area contributed by atoms with Crippen LogP contribution >= 0.6 is 0 Å². The fraction of sp³-hybridized carbons (Fsp3) is 0.778. The molecule has 0 aliphatic carbocycles. The third kappa shape index (κ3) is 36.5. The van der Waals surface area contributed by atoms with Gasteiger partial charge in [-0.2, -0.15) is 0 Å². The van der Waals surface area contributed by atoms with E-state index in [2.05, 4.69) is 0 Å². The van der Waals surface area contributed by atoms with Crippen molar-refractivity contribution < 1.29 is 39.6 Å². The number of aliphatic carboxylic acids is 4. The van der Waals surface area contributed by atoms with Gasteiger partial charge in [-0.1, -0.05) is 38.5 Å². The molecule has 0 aliphatic heterocycles. The van der Waals surface area contributed by atoms with Crippen LogP contribution in [0.2, 0.25) is 0 Å². The molecule has 152 valence electrons. The fourth-order valence-corrected chi connectivity index (χ4v) is 2.14. The topological polar surface area (TPSA) is 161 Å². The van der Waals surface area contributed by atoms with E-state index in [1.807, 2.05) is 0 Å². The van der Waals surface area contributed by atoms with Gasteiger partial charge >= 0.3 is 27.3 Å². The Morgan fingerprint density at radius 3 is 0.667 bits per heavy atom. The molecule has 0 fully saturated rings. The molecular formula is C18H28O8Pb. The Labute approximate surface area is 180 Å². The quantitative estimate of drug-likeness (QED) is 0.151. The molecule has 0 unspecified atom stereocenters. The Morgan fingerprint density at radius 1 is 0.370 bits per heavy atom. The van der Waals surface area contributed by atoms with E-state index < -0.39 is 23.9 Å². The van der Waals surface area contributed by atoms with Crippen LogP contribution in [0.3, 0.4) is 0 Å². The Bertz CT molecular complexity index is 338. The van der Waals surface area contributed by atoms with Crippen molar-refractivity contribution >= 4 is 51.2 Å². The fourth-order valence-electron chi connectivity index (χ4n) is 2.14. The number of carbonyl (C=O) groups excluding carboxylic acids is 4. The molecule has 8 nitrogen and oxygen atoms in total. The summed E-state index contributed by atoms with van der Waals surface area (Å²) >= 11 is 0. The minimum Gasteiger partial charge on any atom is -0.550 e. The normalized spacial score (nSPS) is 9.48. The number of unbranched alkanes of at least 4 members (excludes halogenated alkanes) is 8. The van der Waals surface area contributed by atoms with Gasteiger partial charge in [0, 0.05) is 23.9 Å². The van der Waals surface area contributed by atoms with E-state index in [9.17, 15) is 39.6 Å². The summed E-state index contributed by atoms with van der Waals surface area (Å²) in [4.78, 5) is 39.9. The van der Waals surface area contributed by atoms with Gasteiger partial charge in [0.25, 0.3) is 0 Å². The standard InChI is InChI=1S/2C9H16O4.Pb/c2*10-8(11)6-4-2-1-3-5-7-9(12)13;/h2*1-7H2,(H,10,11)(H,12,13);/q;;+4/p-4. The van der Waals surface area contributed by atoms with E-state index in [0.29, 0.717) is 25.7 Å². The van der Waals surface area contributed by atoms with Crippen molar-refractivity contribution in [2.45, 2.75) is 89.9 Å². The average molecular weight is 580 g/mol. The van der Waals surface area contributed by atoms with Crippen molar-refractivity contribution in [3.63, 3.8) is 0 Å². The van der Waals surface area contributed by atoms with Crippen LogP contribution in [0.4, 0.5) is 0 Å². The molecule has 0 rings (SSSR count). The number of carboxylic acids is 4. The molecule has 0 aromatic rings. The summed E-state index contributed by atoms with van der Waals surface area (Å²) in [5.74, 6) is -4.08. The van der Waals surface area contributed by atoms with E-state index in [0.717, 1.165) is 38.5 Å². The second-order valence-corrected chi connectivity index (χ2v) is 6.02. The van der Waals surface area contributed by atoms with Crippen molar-refractivity contribution in [1.29, 1.82) is 0 Å². The Hall–Kier alpha value is -1.20. The van der Waals surface area contributed by atoms with Gasteiger partial charge in [0.2, 0.25) is 0 Å². The zero-order valence-corrected chi connectivity index (χ0v) is 19.6. The maximum absolute atomic E-state index is 9.98. The largest absolute Gasteiger partial charge is 4.00 e. The number of rotatable bonds is 16. The monoisotopic (exact) mass is 580 g/mol. The van der Waals surface area contributed by atoms with Crippen molar-refractivity contribution in [3.05, 3.63) is 0 Å². The molecule has 0 N–H and O–H groups in total. The first kappa shape index (κ1) is 30.5. The summed E-state index contributed by atoms with van der Waals surface area (Å²) in [6, 6.07) is 0. The molecule has 0 heterocycles. The van der Waals surface area contributed by atoms with Gasteiger partial charge < -0.3 is 39.6 Å². The van der Waals surface area contributed by atoms with E-state index in [4.69, 9.17) is 0 Å². The van der Waals surface area contributed by atoms with Gasteiger partial charge in [-0.3, -0.25) is 0 Å².